The quantitative estimate of drug-likeness (QED) is 0.698. The van der Waals surface area contributed by atoms with E-state index >= 15 is 0 Å². The summed E-state index contributed by atoms with van der Waals surface area (Å²) in [5, 5.41) is 14.9. The van der Waals surface area contributed by atoms with E-state index in [1.807, 2.05) is 35.1 Å². The molecule has 7 nitrogen and oxygen atoms in total. The Morgan fingerprint density at radius 2 is 2.08 bits per heavy atom. The van der Waals surface area contributed by atoms with Gasteiger partial charge >= 0.3 is 0 Å². The minimum Gasteiger partial charge on any atom is -0.318 e. The lowest BCUT2D eigenvalue weighted by Crippen LogP contribution is -2.27. The molecule has 126 valence electrons. The van der Waals surface area contributed by atoms with Gasteiger partial charge in [0.05, 0.1) is 23.9 Å². The maximum atomic E-state index is 12.4. The minimum atomic E-state index is -0.240. The first-order valence-electron chi connectivity index (χ1n) is 8.20. The highest BCUT2D eigenvalue weighted by molar-refractivity contribution is 6.10. The number of para-hydroxylation sites is 1. The summed E-state index contributed by atoms with van der Waals surface area (Å²) in [6.45, 7) is 8.06. The number of H-pyrrole nitrogens is 1. The molecule has 0 aliphatic rings. The summed E-state index contributed by atoms with van der Waals surface area (Å²) in [5.74, 6) is -0.240. The van der Waals surface area contributed by atoms with E-state index in [4.69, 9.17) is 0 Å². The molecule has 0 saturated heterocycles. The molecule has 7 heteroatoms. The molecule has 2 N–H and O–H groups in total. The Balaban J connectivity index is 1.65. The molecule has 3 aromatic rings. The van der Waals surface area contributed by atoms with Crippen molar-refractivity contribution in [3.8, 4) is 0 Å². The van der Waals surface area contributed by atoms with Crippen LogP contribution in [0.15, 0.2) is 36.7 Å². The molecule has 2 heterocycles. The van der Waals surface area contributed by atoms with Crippen LogP contribution in [0.25, 0.3) is 10.9 Å². The highest BCUT2D eigenvalue weighted by atomic mass is 16.2. The van der Waals surface area contributed by atoms with Crippen LogP contribution in [0, 0.1) is 0 Å². The van der Waals surface area contributed by atoms with Crippen LogP contribution in [0.1, 0.15) is 24.3 Å². The second-order valence-electron chi connectivity index (χ2n) is 5.59. The van der Waals surface area contributed by atoms with Crippen LogP contribution >= 0.6 is 0 Å². The number of amides is 1. The first-order chi connectivity index (χ1) is 11.7. The number of aromatic amines is 1. The topological polar surface area (TPSA) is 78.8 Å². The highest BCUT2D eigenvalue weighted by Crippen LogP contribution is 2.16. The maximum absolute atomic E-state index is 12.4. The molecule has 0 unspecified atom stereocenters. The first-order valence-corrected chi connectivity index (χ1v) is 8.20. The van der Waals surface area contributed by atoms with Crippen molar-refractivity contribution in [2.75, 3.05) is 25.0 Å². The van der Waals surface area contributed by atoms with E-state index in [0.29, 0.717) is 11.4 Å². The van der Waals surface area contributed by atoms with Crippen molar-refractivity contribution in [3.63, 3.8) is 0 Å². The number of likely N-dealkylation sites (N-methyl/N-ethyl adjacent to an activating group) is 1. The highest BCUT2D eigenvalue weighted by Gasteiger charge is 2.14. The van der Waals surface area contributed by atoms with Crippen molar-refractivity contribution in [2.24, 2.45) is 0 Å². The summed E-state index contributed by atoms with van der Waals surface area (Å²) in [7, 11) is 0. The van der Waals surface area contributed by atoms with E-state index in [9.17, 15) is 4.79 Å². The summed E-state index contributed by atoms with van der Waals surface area (Å²) >= 11 is 0. The fraction of sp³-hybridized carbons (Fsp3) is 0.353. The lowest BCUT2D eigenvalue weighted by molar-refractivity contribution is 0.102. The largest absolute Gasteiger partial charge is 0.318 e. The Morgan fingerprint density at radius 3 is 2.88 bits per heavy atom. The van der Waals surface area contributed by atoms with E-state index in [1.54, 1.807) is 6.20 Å². The number of anilines is 1. The number of aromatic nitrogens is 4. The zero-order chi connectivity index (χ0) is 16.9. The Labute approximate surface area is 140 Å². The van der Waals surface area contributed by atoms with Gasteiger partial charge in [-0.15, -0.1) is 0 Å². The van der Waals surface area contributed by atoms with Crippen molar-refractivity contribution in [2.45, 2.75) is 20.4 Å². The van der Waals surface area contributed by atoms with E-state index in [1.165, 1.54) is 0 Å². The number of fused-ring (bicyclic) bond motifs is 1. The number of nitrogens with one attached hydrogen (secondary N) is 2. The molecule has 0 bridgehead atoms. The Kier molecular flexibility index (Phi) is 4.90. The van der Waals surface area contributed by atoms with Crippen LogP contribution in [0.3, 0.4) is 0 Å². The third-order valence-electron chi connectivity index (χ3n) is 4.12. The molecule has 0 spiro atoms. The van der Waals surface area contributed by atoms with Crippen LogP contribution < -0.4 is 5.32 Å². The monoisotopic (exact) mass is 326 g/mol. The van der Waals surface area contributed by atoms with Gasteiger partial charge in [0.1, 0.15) is 0 Å². The Morgan fingerprint density at radius 1 is 1.29 bits per heavy atom. The van der Waals surface area contributed by atoms with Crippen LogP contribution in [0.5, 0.6) is 0 Å². The molecular weight excluding hydrogens is 304 g/mol. The predicted molar refractivity (Wildman–Crippen MR) is 94.1 cm³/mol. The molecule has 0 radical (unpaired) electrons. The number of hydrogen-bond acceptors (Lipinski definition) is 4. The van der Waals surface area contributed by atoms with E-state index in [2.05, 4.69) is 39.4 Å². The Bertz CT molecular complexity index is 817. The number of nitrogens with zero attached hydrogens (tertiary/aromatic N) is 4. The van der Waals surface area contributed by atoms with Gasteiger partial charge in [0.25, 0.3) is 5.91 Å². The smallest absolute Gasteiger partial charge is 0.276 e. The molecule has 3 rings (SSSR count). The van der Waals surface area contributed by atoms with Gasteiger partial charge in [-0.3, -0.25) is 14.6 Å². The normalized spacial score (nSPS) is 11.3. The maximum Gasteiger partial charge on any atom is 0.276 e. The van der Waals surface area contributed by atoms with E-state index in [0.717, 1.165) is 37.1 Å². The number of carbonyl (C=O) groups excluding carboxylic acids is 1. The number of hydrogen-bond donors (Lipinski definition) is 2. The third kappa shape index (κ3) is 3.46. The fourth-order valence-corrected chi connectivity index (χ4v) is 2.66. The van der Waals surface area contributed by atoms with Crippen molar-refractivity contribution in [1.82, 2.24) is 24.9 Å². The average molecular weight is 326 g/mol. The molecule has 0 aliphatic heterocycles. The zero-order valence-electron chi connectivity index (χ0n) is 14.0. The van der Waals surface area contributed by atoms with Crippen molar-refractivity contribution >= 4 is 22.5 Å². The molecule has 2 aromatic heterocycles. The number of benzene rings is 1. The average Bonchev–Trinajstić information content (AvgIpc) is 3.22. The molecule has 0 fully saturated rings. The number of carbonyl (C=O) groups is 1. The summed E-state index contributed by atoms with van der Waals surface area (Å²) in [5.41, 5.74) is 1.91. The fourth-order valence-electron chi connectivity index (χ4n) is 2.66. The van der Waals surface area contributed by atoms with Gasteiger partial charge in [0, 0.05) is 18.1 Å². The van der Waals surface area contributed by atoms with Gasteiger partial charge in [0.15, 0.2) is 5.69 Å². The van der Waals surface area contributed by atoms with Gasteiger partial charge in [-0.1, -0.05) is 32.0 Å². The predicted octanol–water partition coefficient (Wildman–Crippen LogP) is 2.35. The van der Waals surface area contributed by atoms with E-state index in [-0.39, 0.29) is 5.91 Å². The minimum absolute atomic E-state index is 0.240. The lowest BCUT2D eigenvalue weighted by Gasteiger charge is -2.17. The third-order valence-corrected chi connectivity index (χ3v) is 4.12. The van der Waals surface area contributed by atoms with Gasteiger partial charge in [-0.05, 0) is 19.2 Å². The summed E-state index contributed by atoms with van der Waals surface area (Å²) in [6.07, 6.45) is 3.51. The summed E-state index contributed by atoms with van der Waals surface area (Å²) in [6, 6.07) is 7.56. The van der Waals surface area contributed by atoms with Gasteiger partial charge in [-0.25, -0.2) is 0 Å². The second kappa shape index (κ2) is 7.27. The second-order valence-corrected chi connectivity index (χ2v) is 5.59. The SMILES string of the molecule is CCN(CC)CCn1cc(NC(=O)c2n[nH]c3ccccc23)cn1. The van der Waals surface area contributed by atoms with Gasteiger partial charge in [0.2, 0.25) is 0 Å². The van der Waals surface area contributed by atoms with Crippen LogP contribution in [0.2, 0.25) is 0 Å². The zero-order valence-corrected chi connectivity index (χ0v) is 14.0. The number of rotatable bonds is 7. The van der Waals surface area contributed by atoms with Crippen molar-refractivity contribution in [3.05, 3.63) is 42.4 Å². The molecule has 1 aromatic carbocycles. The molecule has 0 saturated carbocycles. The molecule has 24 heavy (non-hydrogen) atoms. The van der Waals surface area contributed by atoms with Crippen LogP contribution in [-0.4, -0.2) is 50.4 Å². The molecular formula is C17H22N6O. The Hall–Kier alpha value is -2.67. The summed E-state index contributed by atoms with van der Waals surface area (Å²) < 4.78 is 1.84. The van der Waals surface area contributed by atoms with Gasteiger partial charge < -0.3 is 10.2 Å². The molecule has 1 amide bonds. The summed E-state index contributed by atoms with van der Waals surface area (Å²) in [4.78, 5) is 14.7. The van der Waals surface area contributed by atoms with E-state index < -0.39 is 0 Å². The van der Waals surface area contributed by atoms with Crippen molar-refractivity contribution in [1.29, 1.82) is 0 Å². The molecule has 0 atom stereocenters. The lowest BCUT2D eigenvalue weighted by atomic mass is 10.2. The standard InChI is InChI=1S/C17H22N6O/c1-3-22(4-2)9-10-23-12-13(11-18-23)19-17(24)16-14-7-5-6-8-15(14)20-21-16/h5-8,11-12H,3-4,9-10H2,1-2H3,(H,19,24)(H,20,21). The molecule has 0 aliphatic carbocycles. The first kappa shape index (κ1) is 16.2. The van der Waals surface area contributed by atoms with Crippen molar-refractivity contribution < 1.29 is 4.79 Å². The van der Waals surface area contributed by atoms with Crippen LogP contribution in [0.4, 0.5) is 5.69 Å². The van der Waals surface area contributed by atoms with Crippen LogP contribution in [-0.2, 0) is 6.54 Å². The van der Waals surface area contributed by atoms with Gasteiger partial charge in [-0.2, -0.15) is 10.2 Å².